The highest BCUT2D eigenvalue weighted by atomic mass is 16.6. The average molecular weight is 536 g/mol. The molecular formula is C31H25N3O6. The first kappa shape index (κ1) is 26.3. The van der Waals surface area contributed by atoms with Crippen LogP contribution in [0.5, 0.6) is 5.75 Å². The topological polar surface area (TPSA) is 123 Å². The lowest BCUT2D eigenvalue weighted by molar-refractivity contribution is -0.384. The van der Waals surface area contributed by atoms with Gasteiger partial charge in [-0.2, -0.15) is 0 Å². The SMILES string of the molecule is Cc1ccccc1COc1ccc(/C(O)=C2\C(=O)C(=O)N(Cc3ccncc3)C2c2cccc([N+](=O)[O-])c2)cc1. The zero-order valence-corrected chi connectivity index (χ0v) is 21.6. The molecule has 0 radical (unpaired) electrons. The number of aliphatic hydroxyl groups is 1. The fourth-order valence-electron chi connectivity index (χ4n) is 4.68. The number of Topliss-reactive ketones (excluding diaryl/α,β-unsaturated/α-hetero) is 1. The van der Waals surface area contributed by atoms with Gasteiger partial charge in [0, 0.05) is 36.6 Å². The number of benzene rings is 3. The number of pyridine rings is 1. The molecule has 1 atom stereocenters. The number of nitrogens with zero attached hydrogens (tertiary/aromatic N) is 3. The average Bonchev–Trinajstić information content (AvgIpc) is 3.22. The molecule has 1 amide bonds. The first-order chi connectivity index (χ1) is 19.3. The maximum Gasteiger partial charge on any atom is 0.295 e. The summed E-state index contributed by atoms with van der Waals surface area (Å²) >= 11 is 0. The number of amides is 1. The van der Waals surface area contributed by atoms with E-state index >= 15 is 0 Å². The van der Waals surface area contributed by atoms with Crippen LogP contribution < -0.4 is 4.74 Å². The first-order valence-corrected chi connectivity index (χ1v) is 12.5. The lowest BCUT2D eigenvalue weighted by atomic mass is 9.95. The molecule has 4 aromatic rings. The predicted octanol–water partition coefficient (Wildman–Crippen LogP) is 5.50. The Labute approximate surface area is 230 Å². The molecule has 1 aliphatic rings. The summed E-state index contributed by atoms with van der Waals surface area (Å²) in [7, 11) is 0. The number of rotatable bonds is 8. The molecule has 5 rings (SSSR count). The van der Waals surface area contributed by atoms with Crippen molar-refractivity contribution in [1.29, 1.82) is 0 Å². The number of aromatic nitrogens is 1. The van der Waals surface area contributed by atoms with Gasteiger partial charge in [0.25, 0.3) is 17.4 Å². The minimum absolute atomic E-state index is 0.0446. The van der Waals surface area contributed by atoms with Gasteiger partial charge in [0.2, 0.25) is 0 Å². The summed E-state index contributed by atoms with van der Waals surface area (Å²) in [5.41, 5.74) is 3.16. The van der Waals surface area contributed by atoms with Crippen LogP contribution in [-0.2, 0) is 22.7 Å². The lowest BCUT2D eigenvalue weighted by Crippen LogP contribution is -2.29. The van der Waals surface area contributed by atoms with Gasteiger partial charge in [-0.15, -0.1) is 0 Å². The Morgan fingerprint density at radius 3 is 2.42 bits per heavy atom. The van der Waals surface area contributed by atoms with Crippen molar-refractivity contribution < 1.29 is 24.4 Å². The third-order valence-corrected chi connectivity index (χ3v) is 6.82. The van der Waals surface area contributed by atoms with E-state index in [1.54, 1.807) is 54.9 Å². The Kier molecular flexibility index (Phi) is 7.37. The van der Waals surface area contributed by atoms with Crippen LogP contribution in [-0.4, -0.2) is 31.6 Å². The second-order valence-corrected chi connectivity index (χ2v) is 9.37. The summed E-state index contributed by atoms with van der Waals surface area (Å²) in [4.78, 5) is 42.7. The predicted molar refractivity (Wildman–Crippen MR) is 147 cm³/mol. The second kappa shape index (κ2) is 11.2. The van der Waals surface area contributed by atoms with Crippen molar-refractivity contribution in [3.63, 3.8) is 0 Å². The number of likely N-dealkylation sites (tertiary alicyclic amines) is 1. The van der Waals surface area contributed by atoms with Crippen molar-refractivity contribution >= 4 is 23.1 Å². The third kappa shape index (κ3) is 5.30. The van der Waals surface area contributed by atoms with E-state index in [1.807, 2.05) is 31.2 Å². The van der Waals surface area contributed by atoms with E-state index in [0.717, 1.165) is 11.1 Å². The molecule has 200 valence electrons. The summed E-state index contributed by atoms with van der Waals surface area (Å²) in [5.74, 6) is -1.50. The standard InChI is InChI=1S/C31H25N3O6/c1-20-5-2-3-6-24(20)19-40-26-11-9-22(10-12-26)29(35)27-28(23-7-4-8-25(17-23)34(38)39)33(31(37)30(27)36)18-21-13-15-32-16-14-21/h2-17,28,35H,18-19H2,1H3/b29-27+. The Bertz CT molecular complexity index is 1620. The van der Waals surface area contributed by atoms with Crippen LogP contribution >= 0.6 is 0 Å². The maximum atomic E-state index is 13.3. The molecule has 1 unspecified atom stereocenters. The normalized spacial score (nSPS) is 16.2. The van der Waals surface area contributed by atoms with Gasteiger partial charge in [-0.3, -0.25) is 24.7 Å². The minimum atomic E-state index is -1.04. The number of hydrogen-bond acceptors (Lipinski definition) is 7. The number of hydrogen-bond donors (Lipinski definition) is 1. The molecule has 2 heterocycles. The molecule has 0 saturated carbocycles. The molecule has 40 heavy (non-hydrogen) atoms. The Morgan fingerprint density at radius 1 is 1.00 bits per heavy atom. The molecule has 1 aromatic heterocycles. The molecule has 0 bridgehead atoms. The molecule has 9 nitrogen and oxygen atoms in total. The monoisotopic (exact) mass is 535 g/mol. The van der Waals surface area contributed by atoms with Crippen molar-refractivity contribution in [2.24, 2.45) is 0 Å². The molecule has 1 fully saturated rings. The molecule has 0 spiro atoms. The number of ether oxygens (including phenoxy) is 1. The third-order valence-electron chi connectivity index (χ3n) is 6.82. The Morgan fingerprint density at radius 2 is 1.73 bits per heavy atom. The summed E-state index contributed by atoms with van der Waals surface area (Å²) in [6.07, 6.45) is 3.13. The zero-order valence-electron chi connectivity index (χ0n) is 21.6. The zero-order chi connectivity index (χ0) is 28.2. The van der Waals surface area contributed by atoms with Gasteiger partial charge in [0.1, 0.15) is 18.1 Å². The molecule has 9 heteroatoms. The smallest absolute Gasteiger partial charge is 0.295 e. The molecule has 1 aliphatic heterocycles. The highest BCUT2D eigenvalue weighted by Gasteiger charge is 2.46. The van der Waals surface area contributed by atoms with Crippen molar-refractivity contribution in [1.82, 2.24) is 9.88 Å². The number of carbonyl (C=O) groups excluding carboxylic acids is 2. The van der Waals surface area contributed by atoms with Gasteiger partial charge in [0.15, 0.2) is 0 Å². The van der Waals surface area contributed by atoms with Gasteiger partial charge in [-0.1, -0.05) is 36.4 Å². The summed E-state index contributed by atoms with van der Waals surface area (Å²) in [6.45, 7) is 2.41. The van der Waals surface area contributed by atoms with Crippen LogP contribution in [0.4, 0.5) is 5.69 Å². The summed E-state index contributed by atoms with van der Waals surface area (Å²) < 4.78 is 5.88. The highest BCUT2D eigenvalue weighted by Crippen LogP contribution is 2.41. The number of aliphatic hydroxyl groups excluding tert-OH is 1. The number of carbonyl (C=O) groups is 2. The van der Waals surface area contributed by atoms with E-state index in [2.05, 4.69) is 4.98 Å². The molecule has 3 aromatic carbocycles. The largest absolute Gasteiger partial charge is 0.507 e. The first-order valence-electron chi connectivity index (χ1n) is 12.5. The molecule has 1 N–H and O–H groups in total. The number of ketones is 1. The van der Waals surface area contributed by atoms with Crippen LogP contribution in [0.2, 0.25) is 0 Å². The van der Waals surface area contributed by atoms with Crippen molar-refractivity contribution in [3.8, 4) is 5.75 Å². The van der Waals surface area contributed by atoms with E-state index in [9.17, 15) is 24.8 Å². The highest BCUT2D eigenvalue weighted by molar-refractivity contribution is 6.46. The van der Waals surface area contributed by atoms with Gasteiger partial charge in [0.05, 0.1) is 16.5 Å². The Balaban J connectivity index is 1.51. The quantitative estimate of drug-likeness (QED) is 0.104. The van der Waals surface area contributed by atoms with Gasteiger partial charge < -0.3 is 14.7 Å². The Hall–Kier alpha value is -5.31. The summed E-state index contributed by atoms with van der Waals surface area (Å²) in [5, 5.41) is 22.8. The van der Waals surface area contributed by atoms with Crippen molar-refractivity contribution in [2.75, 3.05) is 0 Å². The fraction of sp³-hybridized carbons (Fsp3) is 0.129. The second-order valence-electron chi connectivity index (χ2n) is 9.37. The van der Waals surface area contributed by atoms with E-state index in [4.69, 9.17) is 4.74 Å². The van der Waals surface area contributed by atoms with Crippen molar-refractivity contribution in [2.45, 2.75) is 26.1 Å². The fourth-order valence-corrected chi connectivity index (χ4v) is 4.68. The van der Waals surface area contributed by atoms with E-state index in [-0.39, 0.29) is 23.6 Å². The minimum Gasteiger partial charge on any atom is -0.507 e. The summed E-state index contributed by atoms with van der Waals surface area (Å²) in [6, 6.07) is 22.5. The molecular weight excluding hydrogens is 510 g/mol. The van der Waals surface area contributed by atoms with Gasteiger partial charge >= 0.3 is 0 Å². The van der Waals surface area contributed by atoms with Crippen LogP contribution in [0.15, 0.2) is 103 Å². The number of non-ortho nitro benzene ring substituents is 1. The lowest BCUT2D eigenvalue weighted by Gasteiger charge is -2.25. The van der Waals surface area contributed by atoms with Crippen LogP contribution in [0.3, 0.4) is 0 Å². The number of nitro groups is 1. The number of aryl methyl sites for hydroxylation is 1. The van der Waals surface area contributed by atoms with Crippen LogP contribution in [0, 0.1) is 17.0 Å². The van der Waals surface area contributed by atoms with Gasteiger partial charge in [-0.25, -0.2) is 0 Å². The van der Waals surface area contributed by atoms with E-state index in [0.29, 0.717) is 29.0 Å². The van der Waals surface area contributed by atoms with E-state index in [1.165, 1.54) is 23.1 Å². The van der Waals surface area contributed by atoms with Crippen LogP contribution in [0.25, 0.3) is 5.76 Å². The molecule has 0 aliphatic carbocycles. The van der Waals surface area contributed by atoms with Crippen LogP contribution in [0.1, 0.15) is 33.9 Å². The van der Waals surface area contributed by atoms with Gasteiger partial charge in [-0.05, 0) is 65.6 Å². The van der Waals surface area contributed by atoms with Crippen molar-refractivity contribution in [3.05, 3.63) is 141 Å². The van der Waals surface area contributed by atoms with E-state index < -0.39 is 22.7 Å². The molecule has 1 saturated heterocycles. The maximum absolute atomic E-state index is 13.3. The number of nitro benzene ring substituents is 1.